The summed E-state index contributed by atoms with van der Waals surface area (Å²) in [6.45, 7) is 0. The molecule has 0 aliphatic rings. The molecule has 0 aliphatic heterocycles. The fraction of sp³-hybridized carbons (Fsp3) is 0.222. The van der Waals surface area contributed by atoms with Crippen molar-refractivity contribution >= 4 is 39.0 Å². The van der Waals surface area contributed by atoms with Gasteiger partial charge in [-0.15, -0.1) is 23.1 Å². The standard InChI is InChI=1S/C9H5BrF3N3S2/c10-8-16-3-6(18-8)17-4-5-1-14-7(15-2-5)9(11,12)13/h1-3H,4H2. The van der Waals surface area contributed by atoms with Crippen LogP contribution < -0.4 is 0 Å². The minimum atomic E-state index is -4.49. The van der Waals surface area contributed by atoms with Gasteiger partial charge in [0.1, 0.15) is 0 Å². The maximum Gasteiger partial charge on any atom is 0.451 e. The lowest BCUT2D eigenvalue weighted by Gasteiger charge is -2.04. The molecule has 0 spiro atoms. The van der Waals surface area contributed by atoms with Gasteiger partial charge in [-0.05, 0) is 21.5 Å². The minimum absolute atomic E-state index is 0.507. The molecule has 0 atom stereocenters. The van der Waals surface area contributed by atoms with Crippen molar-refractivity contribution < 1.29 is 13.2 Å². The highest BCUT2D eigenvalue weighted by atomic mass is 79.9. The predicted molar refractivity (Wildman–Crippen MR) is 66.4 cm³/mol. The Morgan fingerprint density at radius 1 is 1.17 bits per heavy atom. The lowest BCUT2D eigenvalue weighted by Crippen LogP contribution is -2.10. The molecule has 2 aromatic heterocycles. The van der Waals surface area contributed by atoms with E-state index in [1.54, 1.807) is 6.20 Å². The Kier molecular flexibility index (Phi) is 4.23. The molecule has 0 saturated heterocycles. The number of thiazole rings is 1. The molecular weight excluding hydrogens is 351 g/mol. The number of nitrogens with zero attached hydrogens (tertiary/aromatic N) is 3. The van der Waals surface area contributed by atoms with Crippen molar-refractivity contribution in [2.45, 2.75) is 16.1 Å². The molecule has 0 aromatic carbocycles. The van der Waals surface area contributed by atoms with Crippen molar-refractivity contribution in [3.63, 3.8) is 0 Å². The number of thioether (sulfide) groups is 1. The van der Waals surface area contributed by atoms with Crippen molar-refractivity contribution in [3.8, 4) is 0 Å². The van der Waals surface area contributed by atoms with E-state index in [1.807, 2.05) is 0 Å². The maximum atomic E-state index is 12.2. The first kappa shape index (κ1) is 13.8. The first-order chi connectivity index (χ1) is 8.45. The van der Waals surface area contributed by atoms with E-state index in [0.717, 1.165) is 8.13 Å². The van der Waals surface area contributed by atoms with Gasteiger partial charge in [0.25, 0.3) is 0 Å². The van der Waals surface area contributed by atoms with E-state index in [1.165, 1.54) is 35.5 Å². The molecule has 0 unspecified atom stereocenters. The van der Waals surface area contributed by atoms with Crippen molar-refractivity contribution in [1.29, 1.82) is 0 Å². The number of hydrogen-bond acceptors (Lipinski definition) is 5. The van der Waals surface area contributed by atoms with Crippen LogP contribution in [0, 0.1) is 0 Å². The molecule has 0 saturated carbocycles. The second kappa shape index (κ2) is 5.54. The molecule has 0 bridgehead atoms. The van der Waals surface area contributed by atoms with Crippen LogP contribution in [0.4, 0.5) is 13.2 Å². The summed E-state index contributed by atoms with van der Waals surface area (Å²) in [5.74, 6) is -0.607. The topological polar surface area (TPSA) is 38.7 Å². The largest absolute Gasteiger partial charge is 0.451 e. The second-order valence-corrected chi connectivity index (χ2v) is 6.72. The quantitative estimate of drug-likeness (QED) is 0.779. The zero-order valence-corrected chi connectivity index (χ0v) is 11.8. The average molecular weight is 356 g/mol. The highest BCUT2D eigenvalue weighted by Gasteiger charge is 2.34. The summed E-state index contributed by atoms with van der Waals surface area (Å²) in [5, 5.41) is 0. The Hall–Kier alpha value is -0.670. The summed E-state index contributed by atoms with van der Waals surface area (Å²) < 4.78 is 38.4. The number of aromatic nitrogens is 3. The van der Waals surface area contributed by atoms with Gasteiger partial charge in [0.05, 0.1) is 10.4 Å². The number of alkyl halides is 3. The number of rotatable bonds is 3. The number of halogens is 4. The van der Waals surface area contributed by atoms with Gasteiger partial charge in [0, 0.05) is 18.1 Å². The smallest absolute Gasteiger partial charge is 0.236 e. The lowest BCUT2D eigenvalue weighted by atomic mass is 10.4. The molecule has 9 heteroatoms. The third-order valence-electron chi connectivity index (χ3n) is 1.80. The first-order valence-corrected chi connectivity index (χ1v) is 7.17. The average Bonchev–Trinajstić information content (AvgIpc) is 2.72. The third kappa shape index (κ3) is 3.66. The summed E-state index contributed by atoms with van der Waals surface area (Å²) in [4.78, 5) is 10.6. The molecule has 2 aromatic rings. The van der Waals surface area contributed by atoms with Gasteiger partial charge in [-0.1, -0.05) is 0 Å². The van der Waals surface area contributed by atoms with Gasteiger partial charge in [-0.25, -0.2) is 15.0 Å². The van der Waals surface area contributed by atoms with Crippen LogP contribution >= 0.6 is 39.0 Å². The molecule has 96 valence electrons. The summed E-state index contributed by atoms with van der Waals surface area (Å²) in [5.41, 5.74) is 0.637. The summed E-state index contributed by atoms with van der Waals surface area (Å²) in [6, 6.07) is 0. The first-order valence-electron chi connectivity index (χ1n) is 4.57. The Labute approximate surface area is 117 Å². The molecule has 2 rings (SSSR count). The zero-order chi connectivity index (χ0) is 13.2. The second-order valence-electron chi connectivity index (χ2n) is 3.13. The highest BCUT2D eigenvalue weighted by molar-refractivity contribution is 9.11. The van der Waals surface area contributed by atoms with Gasteiger partial charge >= 0.3 is 6.18 Å². The van der Waals surface area contributed by atoms with Crippen molar-refractivity contribution in [1.82, 2.24) is 15.0 Å². The van der Waals surface area contributed by atoms with Crippen LogP contribution in [0.5, 0.6) is 0 Å². The SMILES string of the molecule is FC(F)(F)c1ncc(CSc2cnc(Br)s2)cn1. The minimum Gasteiger partial charge on any atom is -0.236 e. The predicted octanol–water partition coefficient (Wildman–Crippen LogP) is 4.01. The Bertz CT molecular complexity index is 527. The molecule has 0 radical (unpaired) electrons. The van der Waals surface area contributed by atoms with Crippen LogP contribution in [0.1, 0.15) is 11.4 Å². The van der Waals surface area contributed by atoms with Crippen LogP contribution in [0.2, 0.25) is 0 Å². The lowest BCUT2D eigenvalue weighted by molar-refractivity contribution is -0.145. The summed E-state index contributed by atoms with van der Waals surface area (Å²) in [7, 11) is 0. The molecule has 18 heavy (non-hydrogen) atoms. The summed E-state index contributed by atoms with van der Waals surface area (Å²) >= 11 is 6.17. The van der Waals surface area contributed by atoms with Crippen molar-refractivity contribution in [3.05, 3.63) is 33.9 Å². The van der Waals surface area contributed by atoms with Crippen LogP contribution in [-0.2, 0) is 11.9 Å². The highest BCUT2D eigenvalue weighted by Crippen LogP contribution is 2.31. The molecule has 0 fully saturated rings. The van der Waals surface area contributed by atoms with Gasteiger partial charge in [-0.3, -0.25) is 0 Å². The molecule has 0 amide bonds. The molecule has 3 nitrogen and oxygen atoms in total. The van der Waals surface area contributed by atoms with Crippen LogP contribution in [0.15, 0.2) is 26.7 Å². The molecule has 0 N–H and O–H groups in total. The van der Waals surface area contributed by atoms with Gasteiger partial charge in [0.15, 0.2) is 3.92 Å². The van der Waals surface area contributed by atoms with E-state index in [2.05, 4.69) is 30.9 Å². The zero-order valence-electron chi connectivity index (χ0n) is 8.61. The fourth-order valence-electron chi connectivity index (χ4n) is 1.04. The molecule has 0 aliphatic carbocycles. The van der Waals surface area contributed by atoms with Crippen LogP contribution in [0.3, 0.4) is 0 Å². The van der Waals surface area contributed by atoms with Crippen LogP contribution in [0.25, 0.3) is 0 Å². The van der Waals surface area contributed by atoms with Gasteiger partial charge < -0.3 is 0 Å². The third-order valence-corrected chi connectivity index (χ3v) is 4.54. The van der Waals surface area contributed by atoms with E-state index in [9.17, 15) is 13.2 Å². The molecular formula is C9H5BrF3N3S2. The van der Waals surface area contributed by atoms with E-state index in [4.69, 9.17) is 0 Å². The van der Waals surface area contributed by atoms with E-state index in [-0.39, 0.29) is 0 Å². The van der Waals surface area contributed by atoms with Crippen molar-refractivity contribution in [2.24, 2.45) is 0 Å². The van der Waals surface area contributed by atoms with E-state index in [0.29, 0.717) is 11.3 Å². The monoisotopic (exact) mass is 355 g/mol. The van der Waals surface area contributed by atoms with E-state index >= 15 is 0 Å². The maximum absolute atomic E-state index is 12.2. The Morgan fingerprint density at radius 3 is 2.33 bits per heavy atom. The van der Waals surface area contributed by atoms with E-state index < -0.39 is 12.0 Å². The molecule has 2 heterocycles. The number of hydrogen-bond donors (Lipinski definition) is 0. The van der Waals surface area contributed by atoms with Gasteiger partial charge in [-0.2, -0.15) is 13.2 Å². The Morgan fingerprint density at radius 2 is 1.83 bits per heavy atom. The van der Waals surface area contributed by atoms with Gasteiger partial charge in [0.2, 0.25) is 5.82 Å². The Balaban J connectivity index is 1.98. The van der Waals surface area contributed by atoms with Crippen molar-refractivity contribution in [2.75, 3.05) is 0 Å². The fourth-order valence-corrected chi connectivity index (χ4v) is 3.59. The normalized spacial score (nSPS) is 11.8. The van der Waals surface area contributed by atoms with Crippen LogP contribution in [-0.4, -0.2) is 15.0 Å². The summed E-state index contributed by atoms with van der Waals surface area (Å²) in [6.07, 6.45) is -0.406.